The molecule has 2 aliphatic rings. The number of piperidine rings is 1. The Balaban J connectivity index is 1.30. The molecule has 1 saturated heterocycles. The Morgan fingerprint density at radius 1 is 1.09 bits per heavy atom. The summed E-state index contributed by atoms with van der Waals surface area (Å²) in [6.45, 7) is 1.17. The molecule has 2 N–H and O–H groups in total. The van der Waals surface area contributed by atoms with Gasteiger partial charge in [0.05, 0.1) is 29.3 Å². The van der Waals surface area contributed by atoms with E-state index < -0.39 is 0 Å². The van der Waals surface area contributed by atoms with Crippen molar-refractivity contribution in [2.75, 3.05) is 18.9 Å². The number of likely N-dealkylation sites (tertiary alicyclic amines) is 1. The van der Waals surface area contributed by atoms with Crippen LogP contribution in [0.3, 0.4) is 0 Å². The third-order valence-corrected chi connectivity index (χ3v) is 6.71. The van der Waals surface area contributed by atoms with Gasteiger partial charge in [-0.05, 0) is 29.7 Å². The average molecular weight is 454 g/mol. The molecule has 0 unspecified atom stereocenters. The summed E-state index contributed by atoms with van der Waals surface area (Å²) in [7, 11) is 1.84. The van der Waals surface area contributed by atoms with Crippen LogP contribution in [0.25, 0.3) is 16.9 Å². The van der Waals surface area contributed by atoms with Crippen molar-refractivity contribution in [3.8, 4) is 11.3 Å². The zero-order valence-electron chi connectivity index (χ0n) is 18.7. The van der Waals surface area contributed by atoms with Gasteiger partial charge in [0.2, 0.25) is 5.91 Å². The molecule has 0 spiro atoms. The molecule has 0 radical (unpaired) electrons. The van der Waals surface area contributed by atoms with E-state index in [9.17, 15) is 9.59 Å². The molecular weight excluding hydrogens is 430 g/mol. The lowest BCUT2D eigenvalue weighted by molar-refractivity contribution is -0.132. The molecule has 2 aliphatic heterocycles. The summed E-state index contributed by atoms with van der Waals surface area (Å²) in [4.78, 5) is 39.4. The third kappa shape index (κ3) is 3.37. The fraction of sp³-hybridized carbons (Fsp3) is 0.240. The van der Waals surface area contributed by atoms with Gasteiger partial charge < -0.3 is 15.5 Å². The number of nitrogens with zero attached hydrogens (tertiary/aromatic N) is 5. The highest BCUT2D eigenvalue weighted by atomic mass is 16.2. The monoisotopic (exact) mass is 453 g/mol. The van der Waals surface area contributed by atoms with Crippen molar-refractivity contribution in [2.45, 2.75) is 25.3 Å². The van der Waals surface area contributed by atoms with Gasteiger partial charge in [-0.15, -0.1) is 0 Å². The number of imidazole rings is 1. The van der Waals surface area contributed by atoms with Gasteiger partial charge in [-0.3, -0.25) is 19.0 Å². The van der Waals surface area contributed by atoms with Crippen molar-refractivity contribution in [3.63, 3.8) is 0 Å². The first-order chi connectivity index (χ1) is 16.6. The highest BCUT2D eigenvalue weighted by Gasteiger charge is 2.28. The third-order valence-electron chi connectivity index (χ3n) is 6.71. The highest BCUT2D eigenvalue weighted by Crippen LogP contribution is 2.35. The quantitative estimate of drug-likeness (QED) is 0.492. The maximum absolute atomic E-state index is 12.7. The number of hydrogen-bond donors (Lipinski definition) is 2. The van der Waals surface area contributed by atoms with Gasteiger partial charge in [0.25, 0.3) is 5.91 Å². The molecule has 0 saturated carbocycles. The second kappa shape index (κ2) is 7.95. The predicted molar refractivity (Wildman–Crippen MR) is 127 cm³/mol. The molecule has 1 aromatic carbocycles. The van der Waals surface area contributed by atoms with Crippen molar-refractivity contribution < 1.29 is 9.59 Å². The van der Waals surface area contributed by atoms with Gasteiger partial charge in [0.15, 0.2) is 5.65 Å². The lowest BCUT2D eigenvalue weighted by Gasteiger charge is -2.29. The van der Waals surface area contributed by atoms with Crippen molar-refractivity contribution in [1.29, 1.82) is 0 Å². The fourth-order valence-corrected chi connectivity index (χ4v) is 4.88. The standard InChI is InChI=1S/C25H23N7O2/c1-31-14-16(3-7-23(31)33)15-2-6-21(27-10-15)30-19-5-4-17(18-11-29-25(34)24(18)19)20-12-28-22-13-26-8-9-32(20)22/h2,4-6,8-10,12-13,16H,3,7,11,14H2,1H3,(H,27,30)(H,29,34)/t16-/m1/s1. The molecule has 6 rings (SSSR count). The molecule has 4 aromatic rings. The van der Waals surface area contributed by atoms with Crippen molar-refractivity contribution in [1.82, 2.24) is 29.6 Å². The highest BCUT2D eigenvalue weighted by molar-refractivity contribution is 6.06. The van der Waals surface area contributed by atoms with Crippen LogP contribution in [0.1, 0.15) is 40.2 Å². The Morgan fingerprint density at radius 3 is 2.82 bits per heavy atom. The number of pyridine rings is 1. The Bertz CT molecular complexity index is 1430. The zero-order chi connectivity index (χ0) is 23.2. The molecule has 9 nitrogen and oxygen atoms in total. The topological polar surface area (TPSA) is 105 Å². The maximum atomic E-state index is 12.7. The summed E-state index contributed by atoms with van der Waals surface area (Å²) in [6.07, 6.45) is 10.4. The number of nitrogens with one attached hydrogen (secondary N) is 2. The van der Waals surface area contributed by atoms with Gasteiger partial charge in [-0.2, -0.15) is 0 Å². The van der Waals surface area contributed by atoms with E-state index in [4.69, 9.17) is 0 Å². The Labute approximate surface area is 195 Å². The summed E-state index contributed by atoms with van der Waals surface area (Å²) in [5.74, 6) is 1.04. The smallest absolute Gasteiger partial charge is 0.254 e. The Hall–Kier alpha value is -4.27. The molecule has 0 bridgehead atoms. The summed E-state index contributed by atoms with van der Waals surface area (Å²) in [6, 6.07) is 7.90. The minimum Gasteiger partial charge on any atom is -0.348 e. The van der Waals surface area contributed by atoms with Crippen LogP contribution < -0.4 is 10.6 Å². The van der Waals surface area contributed by atoms with Crippen molar-refractivity contribution in [3.05, 3.63) is 71.9 Å². The number of carbonyl (C=O) groups excluding carboxylic acids is 2. The molecule has 1 atom stereocenters. The molecule has 0 aliphatic carbocycles. The van der Waals surface area contributed by atoms with Gasteiger partial charge >= 0.3 is 0 Å². The van der Waals surface area contributed by atoms with Gasteiger partial charge in [-0.1, -0.05) is 12.1 Å². The van der Waals surface area contributed by atoms with Gasteiger partial charge in [-0.25, -0.2) is 9.97 Å². The molecule has 5 heterocycles. The minimum absolute atomic E-state index is 0.110. The number of hydrogen-bond acceptors (Lipinski definition) is 6. The van der Waals surface area contributed by atoms with E-state index in [0.717, 1.165) is 34.5 Å². The van der Waals surface area contributed by atoms with E-state index in [1.54, 1.807) is 23.5 Å². The number of fused-ring (bicyclic) bond motifs is 2. The maximum Gasteiger partial charge on any atom is 0.254 e. The van der Waals surface area contributed by atoms with E-state index in [1.807, 2.05) is 48.1 Å². The normalized spacial score (nSPS) is 17.7. The Kier molecular flexibility index (Phi) is 4.75. The van der Waals surface area contributed by atoms with E-state index >= 15 is 0 Å². The van der Waals surface area contributed by atoms with E-state index in [0.29, 0.717) is 42.5 Å². The number of amides is 2. The number of aromatic nitrogens is 4. The summed E-state index contributed by atoms with van der Waals surface area (Å²) < 4.78 is 1.97. The number of likely N-dealkylation sites (N-methyl/N-ethyl adjacent to an activating group) is 1. The molecule has 1 fully saturated rings. The molecule has 2 amide bonds. The van der Waals surface area contributed by atoms with E-state index in [2.05, 4.69) is 25.6 Å². The van der Waals surface area contributed by atoms with Crippen LogP contribution in [0.4, 0.5) is 11.5 Å². The van der Waals surface area contributed by atoms with Crippen LogP contribution in [0.15, 0.2) is 55.2 Å². The van der Waals surface area contributed by atoms with E-state index in [-0.39, 0.29) is 11.8 Å². The van der Waals surface area contributed by atoms with Crippen molar-refractivity contribution >= 4 is 29.0 Å². The molecule has 34 heavy (non-hydrogen) atoms. The lowest BCUT2D eigenvalue weighted by atomic mass is 9.91. The summed E-state index contributed by atoms with van der Waals surface area (Å²) in [5, 5.41) is 6.27. The molecule has 9 heteroatoms. The van der Waals surface area contributed by atoms with Gasteiger partial charge in [0.1, 0.15) is 5.82 Å². The first kappa shape index (κ1) is 20.3. The van der Waals surface area contributed by atoms with E-state index in [1.165, 1.54) is 0 Å². The molecular formula is C25H23N7O2. The minimum atomic E-state index is -0.110. The zero-order valence-corrected chi connectivity index (χ0v) is 18.7. The summed E-state index contributed by atoms with van der Waals surface area (Å²) in [5.41, 5.74) is 6.01. The first-order valence-electron chi connectivity index (χ1n) is 11.3. The second-order valence-corrected chi connectivity index (χ2v) is 8.76. The van der Waals surface area contributed by atoms with Crippen LogP contribution in [0, 0.1) is 0 Å². The number of rotatable bonds is 4. The van der Waals surface area contributed by atoms with Gasteiger partial charge in [0, 0.05) is 56.6 Å². The second-order valence-electron chi connectivity index (χ2n) is 8.76. The lowest BCUT2D eigenvalue weighted by Crippen LogP contribution is -2.35. The predicted octanol–water partition coefficient (Wildman–Crippen LogP) is 3.11. The first-order valence-corrected chi connectivity index (χ1v) is 11.3. The van der Waals surface area contributed by atoms with Crippen LogP contribution >= 0.6 is 0 Å². The molecule has 170 valence electrons. The fourth-order valence-electron chi connectivity index (χ4n) is 4.88. The molecule has 3 aromatic heterocycles. The number of anilines is 2. The average Bonchev–Trinajstić information content (AvgIpc) is 3.46. The number of carbonyl (C=O) groups is 2. The van der Waals surface area contributed by atoms with Crippen molar-refractivity contribution in [2.24, 2.45) is 0 Å². The van der Waals surface area contributed by atoms with Crippen LogP contribution in [-0.2, 0) is 11.3 Å². The Morgan fingerprint density at radius 2 is 2.00 bits per heavy atom. The van der Waals surface area contributed by atoms with Crippen LogP contribution in [-0.4, -0.2) is 49.7 Å². The number of benzene rings is 1. The van der Waals surface area contributed by atoms with Crippen LogP contribution in [0.2, 0.25) is 0 Å². The SMILES string of the molecule is CN1C[C@H](c2ccc(Nc3ccc(-c4cnc5cnccn45)c4c3C(=O)NC4)nc2)CCC1=O. The largest absolute Gasteiger partial charge is 0.348 e. The summed E-state index contributed by atoms with van der Waals surface area (Å²) >= 11 is 0. The van der Waals surface area contributed by atoms with Crippen LogP contribution in [0.5, 0.6) is 0 Å².